The van der Waals surface area contributed by atoms with Gasteiger partial charge in [0.2, 0.25) is 0 Å². The van der Waals surface area contributed by atoms with Crippen molar-refractivity contribution in [2.75, 3.05) is 20.2 Å². The second-order valence-electron chi connectivity index (χ2n) is 23.9. The number of carbonyl (C=O) groups excluding carboxylic acids is 3. The van der Waals surface area contributed by atoms with Crippen LogP contribution in [0, 0.1) is 35.5 Å². The third-order valence-corrected chi connectivity index (χ3v) is 16.5. The highest BCUT2D eigenvalue weighted by Gasteiger charge is 2.50. The fraction of sp³-hybridized carbons (Fsp3) is 0.778. The Morgan fingerprint density at radius 3 is 2.11 bits per heavy atom. The van der Waals surface area contributed by atoms with E-state index in [1.807, 2.05) is 33.8 Å². The summed E-state index contributed by atoms with van der Waals surface area (Å²) in [5.41, 5.74) is 6.53. The van der Waals surface area contributed by atoms with Gasteiger partial charge in [0.25, 0.3) is 0 Å². The van der Waals surface area contributed by atoms with Crippen molar-refractivity contribution in [2.24, 2.45) is 46.2 Å². The molecule has 2 bridgehead atoms. The summed E-state index contributed by atoms with van der Waals surface area (Å²) in [4.78, 5) is 43.7. The molecule has 0 amide bonds. The Kier molecular flexibility index (Phi) is 35.8. The zero-order valence-electron chi connectivity index (χ0n) is 51.5. The highest BCUT2D eigenvalue weighted by Crippen LogP contribution is 2.36. The molecule has 478 valence electrons. The number of nitrogens with one attached hydrogen (secondary N) is 1. The van der Waals surface area contributed by atoms with Gasteiger partial charge in [-0.3, -0.25) is 14.6 Å². The van der Waals surface area contributed by atoms with Crippen LogP contribution in [0.2, 0.25) is 0 Å². The number of hydrogen-bond donors (Lipinski definition) is 12. The van der Waals surface area contributed by atoms with Gasteiger partial charge in [0.1, 0.15) is 24.7 Å². The van der Waals surface area contributed by atoms with E-state index in [0.29, 0.717) is 23.7 Å². The number of unbranched alkanes of at least 4 members (excludes halogenated alkanes) is 2. The average molecular weight is 1180 g/mol. The molecule has 2 aliphatic heterocycles. The number of aliphatic hydroxyl groups excluding tert-OH is 9. The topological polar surface area (TPSA) is 341 Å². The van der Waals surface area contributed by atoms with Crippen LogP contribution >= 0.6 is 0 Å². The number of ether oxygens (including phenoxy) is 4. The quantitative estimate of drug-likeness (QED) is 0.0159. The van der Waals surface area contributed by atoms with Gasteiger partial charge in [0.15, 0.2) is 11.7 Å². The lowest BCUT2D eigenvalue weighted by Crippen LogP contribution is -2.60. The van der Waals surface area contributed by atoms with Crippen molar-refractivity contribution in [2.45, 2.75) is 257 Å². The molecular weight excluding hydrogens is 1070 g/mol. The molecule has 0 spiro atoms. The number of esters is 3. The summed E-state index contributed by atoms with van der Waals surface area (Å²) in [6, 6.07) is 0. The Labute approximate surface area is 495 Å². The number of nitrogens with zero attached hydrogens (tertiary/aromatic N) is 1. The van der Waals surface area contributed by atoms with E-state index in [1.165, 1.54) is 0 Å². The number of cyclic esters (lactones) is 1. The standard InChI is InChI=1S/C63H109N3O17/c1-11-21-46(12-2)38-80-57(75)36-58(76)81-49-31-47(67)30-48(68)32-52(70)39(3)23-19-25-43(7)59(42(6)22-17-15-13-14-16-18-29-66-62(64)65-10)82-61(78)44(8)26-20-24-40(4)53(71)35-54(72)45(9)51(69)28-27-41(5)56(74)37-63(79)60(77)55(73)34-50(33-49)83-63/h13-14,19-20,23-26,40-43,45-56,59-60,67-74,77,79H,11-12,15-18,21-22,27-38H2,1-10H3,(H3,64,65,66)/b14-13+,24-20+,25-19+,39-23+,44-26+. The first-order valence-electron chi connectivity index (χ1n) is 30.5. The summed E-state index contributed by atoms with van der Waals surface area (Å²) < 4.78 is 23.3. The molecule has 0 aliphatic carbocycles. The van der Waals surface area contributed by atoms with Crippen LogP contribution in [0.4, 0.5) is 0 Å². The number of fused-ring (bicyclic) bond motifs is 2. The van der Waals surface area contributed by atoms with Crippen LogP contribution in [-0.2, 0) is 33.3 Å². The van der Waals surface area contributed by atoms with Gasteiger partial charge in [-0.25, -0.2) is 4.79 Å². The zero-order valence-corrected chi connectivity index (χ0v) is 51.5. The van der Waals surface area contributed by atoms with Crippen LogP contribution in [0.1, 0.15) is 178 Å². The minimum atomic E-state index is -2.51. The van der Waals surface area contributed by atoms with Gasteiger partial charge in [0, 0.05) is 75.4 Å². The van der Waals surface area contributed by atoms with Crippen LogP contribution in [0.15, 0.2) is 64.7 Å². The molecule has 19 atom stereocenters. The number of nitrogens with two attached hydrogens (primary N) is 1. The number of allylic oxidation sites excluding steroid dienone is 6. The van der Waals surface area contributed by atoms with E-state index in [1.54, 1.807) is 72.0 Å². The summed E-state index contributed by atoms with van der Waals surface area (Å²) in [6.07, 6.45) is 4.29. The normalized spacial score (nSPS) is 36.1. The summed E-state index contributed by atoms with van der Waals surface area (Å²) in [7, 11) is 1.63. The number of guanidine groups is 1. The lowest BCUT2D eigenvalue weighted by molar-refractivity contribution is -0.333. The molecule has 0 aromatic rings. The van der Waals surface area contributed by atoms with Crippen molar-refractivity contribution < 1.29 is 84.4 Å². The Balaban J connectivity index is 2.47. The Morgan fingerprint density at radius 2 is 1.45 bits per heavy atom. The van der Waals surface area contributed by atoms with E-state index in [-0.39, 0.29) is 75.7 Å². The Bertz CT molecular complexity index is 2070. The average Bonchev–Trinajstić information content (AvgIpc) is 3.42. The molecule has 2 heterocycles. The van der Waals surface area contributed by atoms with E-state index < -0.39 is 128 Å². The molecule has 20 nitrogen and oxygen atoms in total. The SMILES string of the molecule is CCCC(CC)COC(=O)CC(=O)OC1CC(O)CC(O)CC(O)/C(C)=C/C=C/C(C)C(C(C)CCC/C=C/CCCNC(N)=NC)OC(=O)/C(C)=C/C=C/C(C)C(O)CC(O)C(C)C(O)CCC(C)C(O)CC2(O)OC(C1)CC(O)C2O. The molecule has 13 N–H and O–H groups in total. The van der Waals surface area contributed by atoms with Gasteiger partial charge in [-0.05, 0) is 95.0 Å². The van der Waals surface area contributed by atoms with Gasteiger partial charge in [-0.15, -0.1) is 0 Å². The molecule has 0 aromatic carbocycles. The monoisotopic (exact) mass is 1180 g/mol. The predicted molar refractivity (Wildman–Crippen MR) is 319 cm³/mol. The molecule has 19 unspecified atom stereocenters. The van der Waals surface area contributed by atoms with Crippen molar-refractivity contribution in [3.05, 3.63) is 59.8 Å². The molecule has 0 aromatic heterocycles. The molecule has 0 saturated carbocycles. The smallest absolute Gasteiger partial charge is 0.334 e. The maximum Gasteiger partial charge on any atom is 0.334 e. The molecule has 2 rings (SSSR count). The zero-order chi connectivity index (χ0) is 62.4. The van der Waals surface area contributed by atoms with Crippen LogP contribution in [0.5, 0.6) is 0 Å². The van der Waals surface area contributed by atoms with Crippen molar-refractivity contribution in [3.8, 4) is 0 Å². The van der Waals surface area contributed by atoms with Crippen molar-refractivity contribution in [1.29, 1.82) is 0 Å². The van der Waals surface area contributed by atoms with Gasteiger partial charge in [-0.2, -0.15) is 0 Å². The fourth-order valence-electron chi connectivity index (χ4n) is 10.5. The molecule has 0 radical (unpaired) electrons. The molecule has 2 aliphatic rings. The summed E-state index contributed by atoms with van der Waals surface area (Å²) in [5, 5.41) is 115. The first-order valence-corrected chi connectivity index (χ1v) is 30.5. The lowest BCUT2D eigenvalue weighted by Gasteiger charge is -2.45. The Morgan fingerprint density at radius 1 is 0.795 bits per heavy atom. The van der Waals surface area contributed by atoms with Crippen LogP contribution in [0.25, 0.3) is 0 Å². The number of carbonyl (C=O) groups is 3. The molecule has 83 heavy (non-hydrogen) atoms. The largest absolute Gasteiger partial charge is 0.465 e. The molecular formula is C63H109N3O17. The van der Waals surface area contributed by atoms with E-state index in [0.717, 1.165) is 51.4 Å². The maximum atomic E-state index is 13.7. The molecule has 1 fully saturated rings. The molecule has 1 saturated heterocycles. The lowest BCUT2D eigenvalue weighted by atomic mass is 9.84. The summed E-state index contributed by atoms with van der Waals surface area (Å²) >= 11 is 0. The highest BCUT2D eigenvalue weighted by molar-refractivity contribution is 5.91. The molecule has 20 heteroatoms. The van der Waals surface area contributed by atoms with Crippen LogP contribution in [0.3, 0.4) is 0 Å². The highest BCUT2D eigenvalue weighted by atomic mass is 16.7. The number of hydrogen-bond acceptors (Lipinski definition) is 18. The summed E-state index contributed by atoms with van der Waals surface area (Å²) in [5.74, 6) is -6.42. The van der Waals surface area contributed by atoms with Gasteiger partial charge in [0.05, 0.1) is 61.5 Å². The second-order valence-corrected chi connectivity index (χ2v) is 23.9. The number of aliphatic hydroxyl groups is 10. The van der Waals surface area contributed by atoms with Crippen molar-refractivity contribution >= 4 is 23.9 Å². The van der Waals surface area contributed by atoms with Crippen LogP contribution in [-0.4, -0.2) is 174 Å². The summed E-state index contributed by atoms with van der Waals surface area (Å²) in [6.45, 7) is 17.2. The first kappa shape index (κ1) is 75.0. The second kappa shape index (κ2) is 39.6. The number of rotatable bonds is 17. The van der Waals surface area contributed by atoms with Gasteiger partial charge < -0.3 is 81.1 Å². The van der Waals surface area contributed by atoms with E-state index in [4.69, 9.17) is 24.7 Å². The Hall–Kier alpha value is -4.06. The van der Waals surface area contributed by atoms with Gasteiger partial charge >= 0.3 is 17.9 Å². The van der Waals surface area contributed by atoms with Gasteiger partial charge in [-0.1, -0.05) is 110 Å². The minimum Gasteiger partial charge on any atom is -0.465 e. The number of aliphatic imine (C=N–C) groups is 1. The van der Waals surface area contributed by atoms with Crippen molar-refractivity contribution in [3.63, 3.8) is 0 Å². The predicted octanol–water partition coefficient (Wildman–Crippen LogP) is 5.66. The van der Waals surface area contributed by atoms with Crippen molar-refractivity contribution in [1.82, 2.24) is 5.32 Å². The third-order valence-electron chi connectivity index (χ3n) is 16.5. The fourth-order valence-corrected chi connectivity index (χ4v) is 10.5. The maximum absolute atomic E-state index is 13.7. The van der Waals surface area contributed by atoms with Crippen LogP contribution < -0.4 is 11.1 Å². The minimum absolute atomic E-state index is 0.0612. The van der Waals surface area contributed by atoms with E-state index in [9.17, 15) is 65.4 Å². The third kappa shape index (κ3) is 28.8. The van der Waals surface area contributed by atoms with E-state index >= 15 is 0 Å². The van der Waals surface area contributed by atoms with E-state index in [2.05, 4.69) is 22.5 Å². The first-order chi connectivity index (χ1) is 39.1.